The number of amides is 1. The summed E-state index contributed by atoms with van der Waals surface area (Å²) in [6, 6.07) is 9.12. The molecule has 4 rings (SSSR count). The summed E-state index contributed by atoms with van der Waals surface area (Å²) in [6.45, 7) is 3.98. The molecule has 6 nitrogen and oxygen atoms in total. The molecule has 8 heteroatoms. The van der Waals surface area contributed by atoms with E-state index in [-0.39, 0.29) is 5.91 Å². The molecule has 0 spiro atoms. The highest BCUT2D eigenvalue weighted by Crippen LogP contribution is 2.28. The van der Waals surface area contributed by atoms with Crippen molar-refractivity contribution in [1.82, 2.24) is 14.8 Å². The number of carbonyl (C=O) groups is 1. The Labute approximate surface area is 160 Å². The molecule has 0 radical (unpaired) electrons. The van der Waals surface area contributed by atoms with E-state index >= 15 is 0 Å². The molecule has 1 N–H and O–H groups in total. The minimum absolute atomic E-state index is 0.237. The van der Waals surface area contributed by atoms with Crippen LogP contribution in [-0.2, 0) is 0 Å². The summed E-state index contributed by atoms with van der Waals surface area (Å²) in [7, 11) is 0. The topological polar surface area (TPSA) is 63.1 Å². The minimum atomic E-state index is -0.237. The molecule has 0 unspecified atom stereocenters. The van der Waals surface area contributed by atoms with Gasteiger partial charge in [-0.05, 0) is 49.6 Å². The van der Waals surface area contributed by atoms with Crippen LogP contribution in [0.15, 0.2) is 36.5 Å². The zero-order valence-electron chi connectivity index (χ0n) is 14.3. The lowest BCUT2D eigenvalue weighted by atomic mass is 10.2. The van der Waals surface area contributed by atoms with Crippen LogP contribution >= 0.6 is 22.9 Å². The number of halogens is 1. The Morgan fingerprint density at radius 3 is 2.73 bits per heavy atom. The summed E-state index contributed by atoms with van der Waals surface area (Å²) in [4.78, 5) is 15.0. The van der Waals surface area contributed by atoms with Gasteiger partial charge in [0.25, 0.3) is 5.91 Å². The van der Waals surface area contributed by atoms with E-state index in [1.54, 1.807) is 16.7 Å². The van der Waals surface area contributed by atoms with Gasteiger partial charge in [0.1, 0.15) is 5.69 Å². The molecular formula is C18H18ClN5OS. The van der Waals surface area contributed by atoms with E-state index < -0.39 is 0 Å². The van der Waals surface area contributed by atoms with Gasteiger partial charge in [0.2, 0.25) is 10.3 Å². The lowest BCUT2D eigenvalue weighted by molar-refractivity contribution is 0.102. The molecular weight excluding hydrogens is 370 g/mol. The molecule has 3 aromatic rings. The van der Waals surface area contributed by atoms with Crippen LogP contribution < -0.4 is 10.2 Å². The maximum absolute atomic E-state index is 12.7. The quantitative estimate of drug-likeness (QED) is 0.730. The van der Waals surface area contributed by atoms with Crippen molar-refractivity contribution in [2.24, 2.45) is 0 Å². The average Bonchev–Trinajstić information content (AvgIpc) is 3.37. The number of benzene rings is 1. The first-order valence-corrected chi connectivity index (χ1v) is 9.65. The van der Waals surface area contributed by atoms with Crippen molar-refractivity contribution in [3.8, 4) is 5.13 Å². The first-order chi connectivity index (χ1) is 12.6. The van der Waals surface area contributed by atoms with Crippen LogP contribution in [0.3, 0.4) is 0 Å². The number of nitrogens with one attached hydrogen (secondary N) is 1. The fourth-order valence-electron chi connectivity index (χ4n) is 2.98. The first-order valence-electron chi connectivity index (χ1n) is 8.45. The molecule has 1 saturated heterocycles. The zero-order chi connectivity index (χ0) is 18.1. The van der Waals surface area contributed by atoms with Crippen LogP contribution in [-0.4, -0.2) is 33.8 Å². The maximum Gasteiger partial charge on any atom is 0.272 e. The fourth-order valence-corrected chi connectivity index (χ4v) is 4.16. The zero-order valence-corrected chi connectivity index (χ0v) is 15.8. The molecule has 1 aliphatic rings. The summed E-state index contributed by atoms with van der Waals surface area (Å²) in [5, 5.41) is 13.5. The van der Waals surface area contributed by atoms with Crippen molar-refractivity contribution in [3.05, 3.63) is 52.8 Å². The van der Waals surface area contributed by atoms with Gasteiger partial charge < -0.3 is 10.2 Å². The molecule has 0 bridgehead atoms. The number of rotatable bonds is 4. The molecule has 0 saturated carbocycles. The predicted molar refractivity (Wildman–Crippen MR) is 105 cm³/mol. The molecule has 1 aliphatic heterocycles. The molecule has 26 heavy (non-hydrogen) atoms. The van der Waals surface area contributed by atoms with E-state index in [0.717, 1.165) is 23.8 Å². The summed E-state index contributed by atoms with van der Waals surface area (Å²) in [6.07, 6.45) is 4.19. The average molecular weight is 388 g/mol. The van der Waals surface area contributed by atoms with E-state index in [2.05, 4.69) is 20.4 Å². The van der Waals surface area contributed by atoms with Crippen LogP contribution in [0.1, 0.15) is 28.9 Å². The Morgan fingerprint density at radius 2 is 1.96 bits per heavy atom. The number of hydrogen-bond acceptors (Lipinski definition) is 5. The smallest absolute Gasteiger partial charge is 0.272 e. The summed E-state index contributed by atoms with van der Waals surface area (Å²) in [5.74, 6) is -0.237. The van der Waals surface area contributed by atoms with Gasteiger partial charge in [-0.2, -0.15) is 0 Å². The predicted octanol–water partition coefficient (Wildman–Crippen LogP) is 4.14. The second-order valence-corrected chi connectivity index (χ2v) is 7.60. The third-order valence-electron chi connectivity index (χ3n) is 4.34. The van der Waals surface area contributed by atoms with Crippen molar-refractivity contribution in [2.75, 3.05) is 23.3 Å². The van der Waals surface area contributed by atoms with Gasteiger partial charge in [0.05, 0.1) is 10.7 Å². The Hall–Kier alpha value is -2.38. The van der Waals surface area contributed by atoms with Gasteiger partial charge in [0.15, 0.2) is 0 Å². The van der Waals surface area contributed by atoms with Gasteiger partial charge >= 0.3 is 0 Å². The lowest BCUT2D eigenvalue weighted by Gasteiger charge is -2.11. The van der Waals surface area contributed by atoms with E-state index in [4.69, 9.17) is 11.6 Å². The van der Waals surface area contributed by atoms with Gasteiger partial charge in [-0.15, -0.1) is 10.2 Å². The SMILES string of the molecule is Cc1ccc(NC(=O)c2cccn2-c2nnc(N3CCCC3)s2)c(Cl)c1. The molecule has 1 fully saturated rings. The molecule has 0 aliphatic carbocycles. The highest BCUT2D eigenvalue weighted by Gasteiger charge is 2.20. The van der Waals surface area contributed by atoms with Gasteiger partial charge in [-0.1, -0.05) is 29.0 Å². The lowest BCUT2D eigenvalue weighted by Crippen LogP contribution is -2.17. The number of hydrogen-bond donors (Lipinski definition) is 1. The first kappa shape index (κ1) is 17.1. The molecule has 3 heterocycles. The van der Waals surface area contributed by atoms with Gasteiger partial charge in [0, 0.05) is 19.3 Å². The monoisotopic (exact) mass is 387 g/mol. The number of aryl methyl sites for hydroxylation is 1. The van der Waals surface area contributed by atoms with E-state index in [9.17, 15) is 4.79 Å². The number of aromatic nitrogens is 3. The Balaban J connectivity index is 1.57. The molecule has 2 aromatic heterocycles. The number of anilines is 2. The normalized spacial score (nSPS) is 14.0. The Morgan fingerprint density at radius 1 is 1.19 bits per heavy atom. The minimum Gasteiger partial charge on any atom is -0.347 e. The molecule has 134 valence electrons. The summed E-state index contributed by atoms with van der Waals surface area (Å²) < 4.78 is 1.76. The van der Waals surface area contributed by atoms with E-state index in [1.165, 1.54) is 24.2 Å². The van der Waals surface area contributed by atoms with Crippen molar-refractivity contribution in [1.29, 1.82) is 0 Å². The largest absolute Gasteiger partial charge is 0.347 e. The van der Waals surface area contributed by atoms with Crippen LogP contribution in [0, 0.1) is 6.92 Å². The second-order valence-electron chi connectivity index (χ2n) is 6.26. The van der Waals surface area contributed by atoms with Crippen molar-refractivity contribution in [3.63, 3.8) is 0 Å². The molecule has 0 atom stereocenters. The summed E-state index contributed by atoms with van der Waals surface area (Å²) in [5.41, 5.74) is 2.12. The fraction of sp³-hybridized carbons (Fsp3) is 0.278. The highest BCUT2D eigenvalue weighted by molar-refractivity contribution is 7.17. The third-order valence-corrected chi connectivity index (χ3v) is 5.64. The second kappa shape index (κ2) is 7.09. The van der Waals surface area contributed by atoms with Gasteiger partial charge in [-0.3, -0.25) is 9.36 Å². The van der Waals surface area contributed by atoms with Crippen molar-refractivity contribution in [2.45, 2.75) is 19.8 Å². The van der Waals surface area contributed by atoms with Crippen LogP contribution in [0.5, 0.6) is 0 Å². The Kier molecular flexibility index (Phi) is 4.65. The highest BCUT2D eigenvalue weighted by atomic mass is 35.5. The number of nitrogens with zero attached hydrogens (tertiary/aromatic N) is 4. The number of carbonyl (C=O) groups excluding carboxylic acids is 1. The van der Waals surface area contributed by atoms with Crippen LogP contribution in [0.2, 0.25) is 5.02 Å². The standard InChI is InChI=1S/C18H18ClN5OS/c1-12-6-7-14(13(19)11-12)20-16(25)15-5-4-10-24(15)18-22-21-17(26-18)23-8-2-3-9-23/h4-7,10-11H,2-3,8-9H2,1H3,(H,20,25). The van der Waals surface area contributed by atoms with Crippen LogP contribution in [0.25, 0.3) is 5.13 Å². The summed E-state index contributed by atoms with van der Waals surface area (Å²) >= 11 is 7.71. The van der Waals surface area contributed by atoms with E-state index in [0.29, 0.717) is 21.5 Å². The third kappa shape index (κ3) is 3.32. The van der Waals surface area contributed by atoms with Crippen molar-refractivity contribution >= 4 is 39.7 Å². The van der Waals surface area contributed by atoms with Crippen LogP contribution in [0.4, 0.5) is 10.8 Å². The molecule has 1 aromatic carbocycles. The van der Waals surface area contributed by atoms with Crippen molar-refractivity contribution < 1.29 is 4.79 Å². The van der Waals surface area contributed by atoms with E-state index in [1.807, 2.05) is 31.3 Å². The molecule has 1 amide bonds. The van der Waals surface area contributed by atoms with Gasteiger partial charge in [-0.25, -0.2) is 0 Å². The Bertz CT molecular complexity index is 945. The maximum atomic E-state index is 12.7.